The molecule has 1 aliphatic rings. The predicted octanol–water partition coefficient (Wildman–Crippen LogP) is 5.96. The minimum atomic E-state index is -0.129. The summed E-state index contributed by atoms with van der Waals surface area (Å²) in [5, 5.41) is 3.01. The maximum Gasteiger partial charge on any atom is 0.265 e. The number of rotatable bonds is 9. The number of hydrogen-bond donors (Lipinski definition) is 1. The van der Waals surface area contributed by atoms with Crippen molar-refractivity contribution >= 4 is 23.2 Å². The highest BCUT2D eigenvalue weighted by atomic mass is 16.5. The normalized spacial score (nSPS) is 12.6. The van der Waals surface area contributed by atoms with Gasteiger partial charge in [0.15, 0.2) is 6.61 Å². The first-order chi connectivity index (χ1) is 18.6. The first-order valence-electron chi connectivity index (χ1n) is 12.7. The van der Waals surface area contributed by atoms with E-state index in [-0.39, 0.29) is 24.3 Å². The Balaban J connectivity index is 1.25. The van der Waals surface area contributed by atoms with Crippen molar-refractivity contribution in [3.63, 3.8) is 0 Å². The number of nitrogens with zero attached hydrogens (tertiary/aromatic N) is 1. The van der Waals surface area contributed by atoms with Crippen LogP contribution in [0.1, 0.15) is 29.0 Å². The van der Waals surface area contributed by atoms with Crippen molar-refractivity contribution in [3.8, 4) is 11.5 Å². The molecule has 38 heavy (non-hydrogen) atoms. The van der Waals surface area contributed by atoms with Crippen LogP contribution in [-0.4, -0.2) is 31.6 Å². The van der Waals surface area contributed by atoms with Crippen molar-refractivity contribution in [2.45, 2.75) is 19.3 Å². The summed E-state index contributed by atoms with van der Waals surface area (Å²) in [4.78, 5) is 27.4. The summed E-state index contributed by atoms with van der Waals surface area (Å²) in [6.07, 6.45) is 0.299. The van der Waals surface area contributed by atoms with E-state index in [1.165, 1.54) is 0 Å². The number of aryl methyl sites for hydroxylation is 1. The predicted molar refractivity (Wildman–Crippen MR) is 149 cm³/mol. The molecular formula is C32H30N2O4. The number of anilines is 2. The summed E-state index contributed by atoms with van der Waals surface area (Å²) in [5.41, 5.74) is 4.62. The van der Waals surface area contributed by atoms with Crippen LogP contribution >= 0.6 is 0 Å². The van der Waals surface area contributed by atoms with Gasteiger partial charge >= 0.3 is 0 Å². The van der Waals surface area contributed by atoms with Crippen LogP contribution in [0.3, 0.4) is 0 Å². The van der Waals surface area contributed by atoms with Crippen LogP contribution in [0, 0.1) is 6.92 Å². The van der Waals surface area contributed by atoms with Crippen LogP contribution in [0.4, 0.5) is 11.4 Å². The van der Waals surface area contributed by atoms with E-state index in [4.69, 9.17) is 9.47 Å². The van der Waals surface area contributed by atoms with Gasteiger partial charge < -0.3 is 19.7 Å². The summed E-state index contributed by atoms with van der Waals surface area (Å²) < 4.78 is 11.5. The zero-order chi connectivity index (χ0) is 26.3. The Labute approximate surface area is 222 Å². The maximum atomic E-state index is 13.1. The van der Waals surface area contributed by atoms with Gasteiger partial charge in [-0.1, -0.05) is 78.4 Å². The summed E-state index contributed by atoms with van der Waals surface area (Å²) in [6.45, 7) is 2.71. The molecule has 0 unspecified atom stereocenters. The van der Waals surface area contributed by atoms with Gasteiger partial charge in [-0.2, -0.15) is 0 Å². The van der Waals surface area contributed by atoms with Crippen LogP contribution in [0.15, 0.2) is 103 Å². The Morgan fingerprint density at radius 3 is 2.24 bits per heavy atom. The fourth-order valence-electron chi connectivity index (χ4n) is 4.61. The quantitative estimate of drug-likeness (QED) is 0.304. The van der Waals surface area contributed by atoms with Gasteiger partial charge in [-0.05, 0) is 42.3 Å². The van der Waals surface area contributed by atoms with Crippen LogP contribution in [0.5, 0.6) is 11.5 Å². The van der Waals surface area contributed by atoms with E-state index in [2.05, 4.69) is 5.32 Å². The maximum absolute atomic E-state index is 13.1. The van der Waals surface area contributed by atoms with Crippen LogP contribution < -0.4 is 19.7 Å². The third kappa shape index (κ3) is 6.03. The van der Waals surface area contributed by atoms with E-state index < -0.39 is 0 Å². The molecule has 6 nitrogen and oxygen atoms in total. The average Bonchev–Trinajstić information content (AvgIpc) is 2.95. The van der Waals surface area contributed by atoms with Gasteiger partial charge in [-0.15, -0.1) is 0 Å². The molecule has 0 radical (unpaired) electrons. The molecule has 0 atom stereocenters. The molecule has 1 aliphatic heterocycles. The number of amides is 2. The third-order valence-electron chi connectivity index (χ3n) is 6.58. The van der Waals surface area contributed by atoms with Crippen molar-refractivity contribution in [2.75, 3.05) is 30.0 Å². The molecule has 0 aromatic heterocycles. The number of ether oxygens (including phenoxy) is 2. The molecule has 2 amide bonds. The molecule has 6 heteroatoms. The number of nitrogens with one attached hydrogen (secondary N) is 1. The van der Waals surface area contributed by atoms with Crippen molar-refractivity contribution in [2.24, 2.45) is 0 Å². The molecule has 0 saturated heterocycles. The fraction of sp³-hybridized carbons (Fsp3) is 0.188. The van der Waals surface area contributed by atoms with E-state index in [1.54, 1.807) is 23.1 Å². The largest absolute Gasteiger partial charge is 0.492 e. The lowest BCUT2D eigenvalue weighted by Crippen LogP contribution is -2.41. The molecular weight excluding hydrogens is 476 g/mol. The standard InChI is InChI=1S/C32H30N2O4/c1-23-12-15-27(16-13-23)37-19-18-34-29-17-14-26(20-30(29)38-22-32(34)36)33-31(35)21-28(24-8-4-2-5-9-24)25-10-6-3-7-11-25/h2-17,20,28H,18-19,21-22H2,1H3,(H,33,35). The van der Waals surface area contributed by atoms with E-state index in [0.29, 0.717) is 36.7 Å². The molecule has 0 aliphatic carbocycles. The molecule has 4 aromatic carbocycles. The third-order valence-corrected chi connectivity index (χ3v) is 6.58. The monoisotopic (exact) mass is 506 g/mol. The Morgan fingerprint density at radius 1 is 0.921 bits per heavy atom. The minimum Gasteiger partial charge on any atom is -0.492 e. The van der Waals surface area contributed by atoms with Gasteiger partial charge in [0.2, 0.25) is 5.91 Å². The van der Waals surface area contributed by atoms with Crippen LogP contribution in [0.2, 0.25) is 0 Å². The SMILES string of the molecule is Cc1ccc(OCCN2C(=O)COc3cc(NC(=O)CC(c4ccccc4)c4ccccc4)ccc32)cc1. The van der Waals surface area contributed by atoms with Crippen molar-refractivity contribution in [1.29, 1.82) is 0 Å². The van der Waals surface area contributed by atoms with Crippen LogP contribution in [0.25, 0.3) is 0 Å². The van der Waals surface area contributed by atoms with Gasteiger partial charge in [-0.3, -0.25) is 9.59 Å². The first kappa shape index (κ1) is 25.1. The summed E-state index contributed by atoms with van der Waals surface area (Å²) in [7, 11) is 0. The Kier molecular flexibility index (Phi) is 7.69. The lowest BCUT2D eigenvalue weighted by molar-refractivity contribution is -0.121. The van der Waals surface area contributed by atoms with Crippen molar-refractivity contribution < 1.29 is 19.1 Å². The second kappa shape index (κ2) is 11.6. The molecule has 0 bridgehead atoms. The highest BCUT2D eigenvalue weighted by Gasteiger charge is 2.26. The summed E-state index contributed by atoms with van der Waals surface area (Å²) in [5.74, 6) is 1.03. The first-order valence-corrected chi connectivity index (χ1v) is 12.7. The molecule has 1 N–H and O–H groups in total. The minimum absolute atomic E-state index is 0.0565. The topological polar surface area (TPSA) is 67.9 Å². The Morgan fingerprint density at radius 2 is 1.58 bits per heavy atom. The van der Waals surface area contributed by atoms with Crippen LogP contribution in [-0.2, 0) is 9.59 Å². The van der Waals surface area contributed by atoms with E-state index >= 15 is 0 Å². The van der Waals surface area contributed by atoms with Crippen molar-refractivity contribution in [1.82, 2.24) is 0 Å². The smallest absolute Gasteiger partial charge is 0.265 e. The number of hydrogen-bond acceptors (Lipinski definition) is 4. The number of carbonyl (C=O) groups is 2. The van der Waals surface area contributed by atoms with E-state index in [0.717, 1.165) is 22.4 Å². The lowest BCUT2D eigenvalue weighted by Gasteiger charge is -2.29. The van der Waals surface area contributed by atoms with E-state index in [9.17, 15) is 9.59 Å². The molecule has 5 rings (SSSR count). The zero-order valence-corrected chi connectivity index (χ0v) is 21.3. The molecule has 4 aromatic rings. The van der Waals surface area contributed by atoms with Gasteiger partial charge in [0, 0.05) is 24.1 Å². The fourth-order valence-corrected chi connectivity index (χ4v) is 4.61. The Bertz CT molecular complexity index is 1350. The second-order valence-corrected chi connectivity index (χ2v) is 9.30. The zero-order valence-electron chi connectivity index (χ0n) is 21.3. The summed E-state index contributed by atoms with van der Waals surface area (Å²) in [6, 6.07) is 33.3. The number of carbonyl (C=O) groups excluding carboxylic acids is 2. The highest BCUT2D eigenvalue weighted by Crippen LogP contribution is 2.35. The van der Waals surface area contributed by atoms with Crippen molar-refractivity contribution in [3.05, 3.63) is 120 Å². The van der Waals surface area contributed by atoms with E-state index in [1.807, 2.05) is 91.9 Å². The highest BCUT2D eigenvalue weighted by molar-refractivity contribution is 5.99. The van der Waals surface area contributed by atoms with Gasteiger partial charge in [0.25, 0.3) is 5.91 Å². The molecule has 0 spiro atoms. The Hall–Kier alpha value is -4.58. The molecule has 1 heterocycles. The second-order valence-electron chi connectivity index (χ2n) is 9.30. The average molecular weight is 507 g/mol. The van der Waals surface area contributed by atoms with Gasteiger partial charge in [0.05, 0.1) is 12.2 Å². The molecule has 0 fully saturated rings. The molecule has 0 saturated carbocycles. The number of fused-ring (bicyclic) bond motifs is 1. The molecule has 192 valence electrons. The summed E-state index contributed by atoms with van der Waals surface area (Å²) >= 11 is 0. The van der Waals surface area contributed by atoms with Gasteiger partial charge in [-0.25, -0.2) is 0 Å². The van der Waals surface area contributed by atoms with Gasteiger partial charge in [0.1, 0.15) is 18.1 Å². The lowest BCUT2D eigenvalue weighted by atomic mass is 9.88. The number of benzene rings is 4.